The molecule has 2 aromatic heterocycles. The summed E-state index contributed by atoms with van der Waals surface area (Å²) < 4.78 is 6.18. The van der Waals surface area contributed by atoms with E-state index in [0.29, 0.717) is 6.10 Å². The predicted molar refractivity (Wildman–Crippen MR) is 104 cm³/mol. The molecule has 4 rings (SSSR count). The molecule has 4 heterocycles. The molecule has 2 aliphatic rings. The van der Waals surface area contributed by atoms with Gasteiger partial charge in [-0.25, -0.2) is 9.97 Å². The molecule has 2 aliphatic heterocycles. The van der Waals surface area contributed by atoms with Crippen molar-refractivity contribution >= 4 is 27.4 Å². The number of rotatable bonds is 6. The summed E-state index contributed by atoms with van der Waals surface area (Å²) in [5.41, 5.74) is 0. The largest absolute Gasteiger partial charge is 0.375 e. The average Bonchev–Trinajstić information content (AvgIpc) is 3.31. The van der Waals surface area contributed by atoms with Crippen molar-refractivity contribution in [2.45, 2.75) is 45.1 Å². The van der Waals surface area contributed by atoms with Crippen LogP contribution in [0.2, 0.25) is 0 Å². The number of likely N-dealkylation sites (tertiary alicyclic amines) is 1. The highest BCUT2D eigenvalue weighted by molar-refractivity contribution is 7.16. The molecular weight excluding hydrogens is 332 g/mol. The molecule has 2 saturated heterocycles. The lowest BCUT2D eigenvalue weighted by Crippen LogP contribution is -2.34. The minimum Gasteiger partial charge on any atom is -0.375 e. The van der Waals surface area contributed by atoms with Crippen LogP contribution < -0.4 is 4.90 Å². The Morgan fingerprint density at radius 3 is 2.92 bits per heavy atom. The fourth-order valence-electron chi connectivity index (χ4n) is 3.87. The molecule has 0 aromatic carbocycles. The first-order valence-corrected chi connectivity index (χ1v) is 10.5. The zero-order valence-corrected chi connectivity index (χ0v) is 15.9. The van der Waals surface area contributed by atoms with Gasteiger partial charge in [0.2, 0.25) is 0 Å². The molecule has 136 valence electrons. The van der Waals surface area contributed by atoms with Crippen molar-refractivity contribution < 1.29 is 4.74 Å². The van der Waals surface area contributed by atoms with Gasteiger partial charge in [0.25, 0.3) is 0 Å². The van der Waals surface area contributed by atoms with Gasteiger partial charge in [-0.05, 0) is 43.8 Å². The van der Waals surface area contributed by atoms with E-state index in [2.05, 4.69) is 33.2 Å². The van der Waals surface area contributed by atoms with Gasteiger partial charge in [0, 0.05) is 26.1 Å². The Morgan fingerprint density at radius 1 is 1.20 bits per heavy atom. The zero-order chi connectivity index (χ0) is 17.1. The van der Waals surface area contributed by atoms with E-state index in [-0.39, 0.29) is 0 Å². The maximum absolute atomic E-state index is 6.18. The number of aromatic nitrogens is 2. The third-order valence-corrected chi connectivity index (χ3v) is 6.13. The summed E-state index contributed by atoms with van der Waals surface area (Å²) in [6.45, 7) is 8.53. The summed E-state index contributed by atoms with van der Waals surface area (Å²) in [6.07, 6.45) is 6.40. The normalized spacial score (nSPS) is 22.1. The highest BCUT2D eigenvalue weighted by Gasteiger charge is 2.26. The van der Waals surface area contributed by atoms with Crippen molar-refractivity contribution in [3.63, 3.8) is 0 Å². The molecule has 2 aromatic rings. The molecular formula is C19H28N4OS. The van der Waals surface area contributed by atoms with Gasteiger partial charge in [0.15, 0.2) is 0 Å². The quantitative estimate of drug-likeness (QED) is 0.790. The number of hydrogen-bond donors (Lipinski definition) is 0. The smallest absolute Gasteiger partial charge is 0.141 e. The number of fused-ring (bicyclic) bond motifs is 1. The van der Waals surface area contributed by atoms with E-state index in [4.69, 9.17) is 9.72 Å². The van der Waals surface area contributed by atoms with E-state index in [9.17, 15) is 0 Å². The van der Waals surface area contributed by atoms with Crippen molar-refractivity contribution in [3.8, 4) is 0 Å². The number of thiophene rings is 1. The van der Waals surface area contributed by atoms with E-state index < -0.39 is 0 Å². The first-order valence-electron chi connectivity index (χ1n) is 9.66. The molecule has 0 aliphatic carbocycles. The van der Waals surface area contributed by atoms with Crippen LogP contribution in [0.25, 0.3) is 10.2 Å². The number of ether oxygens (including phenoxy) is 1. The molecule has 0 radical (unpaired) electrons. The summed E-state index contributed by atoms with van der Waals surface area (Å²) in [5, 5.41) is 3.31. The second-order valence-electron chi connectivity index (χ2n) is 7.09. The van der Waals surface area contributed by atoms with E-state index in [0.717, 1.165) is 55.6 Å². The molecule has 1 unspecified atom stereocenters. The second-order valence-corrected chi connectivity index (χ2v) is 7.98. The third kappa shape index (κ3) is 3.96. The van der Waals surface area contributed by atoms with Crippen LogP contribution in [0.15, 0.2) is 11.4 Å². The van der Waals surface area contributed by atoms with Crippen LogP contribution >= 0.6 is 11.3 Å². The lowest BCUT2D eigenvalue weighted by atomic mass is 10.1. The number of hydrogen-bond acceptors (Lipinski definition) is 6. The standard InChI is InChI=1S/C19H28N4OS/c1-2-17-20-18(16-7-13-25-19(16)21-17)23-10-6-15(14-23)24-12-11-22-8-4-3-5-9-22/h7,13,15H,2-6,8-12,14H2,1H3. The van der Waals surface area contributed by atoms with E-state index in [1.54, 1.807) is 11.3 Å². The van der Waals surface area contributed by atoms with Crippen LogP contribution in [0.1, 0.15) is 38.4 Å². The number of piperidine rings is 1. The minimum absolute atomic E-state index is 0.332. The molecule has 0 bridgehead atoms. The van der Waals surface area contributed by atoms with E-state index in [1.165, 1.54) is 37.7 Å². The zero-order valence-electron chi connectivity index (χ0n) is 15.1. The maximum atomic E-state index is 6.18. The summed E-state index contributed by atoms with van der Waals surface area (Å²) in [6, 6.07) is 2.15. The summed E-state index contributed by atoms with van der Waals surface area (Å²) in [4.78, 5) is 15.5. The predicted octanol–water partition coefficient (Wildman–Crippen LogP) is 3.33. The molecule has 0 amide bonds. The van der Waals surface area contributed by atoms with Gasteiger partial charge in [-0.3, -0.25) is 0 Å². The highest BCUT2D eigenvalue weighted by atomic mass is 32.1. The molecule has 25 heavy (non-hydrogen) atoms. The summed E-state index contributed by atoms with van der Waals surface area (Å²) in [5.74, 6) is 2.05. The van der Waals surface area contributed by atoms with Crippen LogP contribution in [0.4, 0.5) is 5.82 Å². The molecule has 0 saturated carbocycles. The van der Waals surface area contributed by atoms with Crippen LogP contribution in [-0.4, -0.2) is 60.3 Å². The van der Waals surface area contributed by atoms with Gasteiger partial charge in [-0.15, -0.1) is 11.3 Å². The van der Waals surface area contributed by atoms with Gasteiger partial charge in [0.05, 0.1) is 18.1 Å². The SMILES string of the molecule is CCc1nc(N2CCC(OCCN3CCCCC3)C2)c2ccsc2n1. The topological polar surface area (TPSA) is 41.5 Å². The third-order valence-electron chi connectivity index (χ3n) is 5.32. The van der Waals surface area contributed by atoms with Crippen molar-refractivity contribution in [1.29, 1.82) is 0 Å². The van der Waals surface area contributed by atoms with Gasteiger partial charge in [-0.1, -0.05) is 13.3 Å². The number of anilines is 1. The van der Waals surface area contributed by atoms with Crippen LogP contribution in [0.5, 0.6) is 0 Å². The monoisotopic (exact) mass is 360 g/mol. The van der Waals surface area contributed by atoms with Gasteiger partial charge in [-0.2, -0.15) is 0 Å². The molecule has 2 fully saturated rings. The van der Waals surface area contributed by atoms with E-state index >= 15 is 0 Å². The minimum atomic E-state index is 0.332. The Morgan fingerprint density at radius 2 is 2.08 bits per heavy atom. The summed E-state index contributed by atoms with van der Waals surface area (Å²) in [7, 11) is 0. The average molecular weight is 361 g/mol. The molecule has 6 heteroatoms. The summed E-state index contributed by atoms with van der Waals surface area (Å²) >= 11 is 1.71. The molecule has 0 N–H and O–H groups in total. The lowest BCUT2D eigenvalue weighted by molar-refractivity contribution is 0.0467. The lowest BCUT2D eigenvalue weighted by Gasteiger charge is -2.26. The fourth-order valence-corrected chi connectivity index (χ4v) is 4.65. The molecule has 5 nitrogen and oxygen atoms in total. The van der Waals surface area contributed by atoms with Crippen LogP contribution in [0, 0.1) is 0 Å². The van der Waals surface area contributed by atoms with Crippen molar-refractivity contribution in [2.75, 3.05) is 44.2 Å². The Bertz CT molecular complexity index is 698. The Hall–Kier alpha value is -1.24. The van der Waals surface area contributed by atoms with Crippen LogP contribution in [-0.2, 0) is 11.2 Å². The molecule has 1 atom stereocenters. The second kappa shape index (κ2) is 7.98. The fraction of sp³-hybridized carbons (Fsp3) is 0.684. The Labute approximate surface area is 154 Å². The maximum Gasteiger partial charge on any atom is 0.141 e. The highest BCUT2D eigenvalue weighted by Crippen LogP contribution is 2.30. The number of nitrogens with zero attached hydrogens (tertiary/aromatic N) is 4. The van der Waals surface area contributed by atoms with E-state index in [1.807, 2.05) is 0 Å². The molecule has 0 spiro atoms. The van der Waals surface area contributed by atoms with Crippen molar-refractivity contribution in [2.24, 2.45) is 0 Å². The first kappa shape index (κ1) is 17.2. The number of aryl methyl sites for hydroxylation is 1. The first-order chi connectivity index (χ1) is 12.3. The van der Waals surface area contributed by atoms with Gasteiger partial charge >= 0.3 is 0 Å². The van der Waals surface area contributed by atoms with Crippen LogP contribution in [0.3, 0.4) is 0 Å². The van der Waals surface area contributed by atoms with Crippen molar-refractivity contribution in [1.82, 2.24) is 14.9 Å². The Kier molecular flexibility index (Phi) is 5.48. The van der Waals surface area contributed by atoms with Gasteiger partial charge < -0.3 is 14.5 Å². The van der Waals surface area contributed by atoms with Crippen molar-refractivity contribution in [3.05, 3.63) is 17.3 Å². The Balaban J connectivity index is 1.35. The van der Waals surface area contributed by atoms with Gasteiger partial charge in [0.1, 0.15) is 16.5 Å².